The van der Waals surface area contributed by atoms with Crippen LogP contribution in [0.3, 0.4) is 0 Å². The Kier molecular flexibility index (Phi) is 6.38. The van der Waals surface area contributed by atoms with Gasteiger partial charge in [-0.05, 0) is 60.7 Å². The third kappa shape index (κ3) is 4.97. The molecule has 0 aromatic carbocycles. The van der Waals surface area contributed by atoms with Crippen LogP contribution in [0.4, 0.5) is 0 Å². The summed E-state index contributed by atoms with van der Waals surface area (Å²) in [7, 11) is 4.26. The van der Waals surface area contributed by atoms with Crippen molar-refractivity contribution in [1.29, 1.82) is 0 Å². The fraction of sp³-hybridized carbons (Fsp3) is 1.00. The van der Waals surface area contributed by atoms with Crippen molar-refractivity contribution in [3.63, 3.8) is 0 Å². The molecular weight excluding hydrogens is 172 g/mol. The van der Waals surface area contributed by atoms with Gasteiger partial charge in [-0.1, -0.05) is 6.92 Å². The van der Waals surface area contributed by atoms with Crippen molar-refractivity contribution in [3.05, 3.63) is 0 Å². The molecule has 0 aliphatic carbocycles. The van der Waals surface area contributed by atoms with Crippen molar-refractivity contribution in [3.8, 4) is 0 Å². The standard InChI is InChI=1S/C12H28N2/c1-7-12(3,4)14(6)10-8-9-11(2)13-5/h11,13H,7-10H2,1-6H3. The fourth-order valence-corrected chi connectivity index (χ4v) is 1.35. The minimum absolute atomic E-state index is 0.350. The summed E-state index contributed by atoms with van der Waals surface area (Å²) in [6.07, 6.45) is 3.76. The highest BCUT2D eigenvalue weighted by Crippen LogP contribution is 2.16. The van der Waals surface area contributed by atoms with Gasteiger partial charge in [0.05, 0.1) is 0 Å². The molecular formula is C12H28N2. The van der Waals surface area contributed by atoms with E-state index in [0.717, 1.165) is 0 Å². The molecule has 0 radical (unpaired) electrons. The Bertz CT molecular complexity index is 143. The minimum atomic E-state index is 0.350. The summed E-state index contributed by atoms with van der Waals surface area (Å²) >= 11 is 0. The number of rotatable bonds is 7. The molecule has 0 spiro atoms. The van der Waals surface area contributed by atoms with E-state index < -0.39 is 0 Å². The first-order valence-electron chi connectivity index (χ1n) is 5.82. The molecule has 0 saturated carbocycles. The van der Waals surface area contributed by atoms with E-state index in [1.807, 2.05) is 7.05 Å². The summed E-state index contributed by atoms with van der Waals surface area (Å²) in [5.41, 5.74) is 0.350. The summed E-state index contributed by atoms with van der Waals surface area (Å²) in [5, 5.41) is 3.27. The van der Waals surface area contributed by atoms with E-state index in [2.05, 4.69) is 45.0 Å². The molecule has 0 rings (SSSR count). The van der Waals surface area contributed by atoms with Crippen LogP contribution in [-0.4, -0.2) is 37.1 Å². The first-order chi connectivity index (χ1) is 6.44. The average molecular weight is 200 g/mol. The minimum Gasteiger partial charge on any atom is -0.317 e. The van der Waals surface area contributed by atoms with Gasteiger partial charge in [0.1, 0.15) is 0 Å². The van der Waals surface area contributed by atoms with E-state index in [9.17, 15) is 0 Å². The second-order valence-corrected chi connectivity index (χ2v) is 4.92. The molecule has 86 valence electrons. The summed E-state index contributed by atoms with van der Waals surface area (Å²) in [6.45, 7) is 10.3. The van der Waals surface area contributed by atoms with Crippen LogP contribution < -0.4 is 5.32 Å². The van der Waals surface area contributed by atoms with Crippen LogP contribution in [-0.2, 0) is 0 Å². The molecule has 0 fully saturated rings. The van der Waals surface area contributed by atoms with Crippen molar-refractivity contribution in [2.24, 2.45) is 0 Å². The Labute approximate surface area is 90.1 Å². The van der Waals surface area contributed by atoms with Crippen LogP contribution in [0.5, 0.6) is 0 Å². The molecule has 14 heavy (non-hydrogen) atoms. The molecule has 2 heteroatoms. The fourth-order valence-electron chi connectivity index (χ4n) is 1.35. The molecule has 1 unspecified atom stereocenters. The van der Waals surface area contributed by atoms with Gasteiger partial charge in [0, 0.05) is 11.6 Å². The first-order valence-corrected chi connectivity index (χ1v) is 5.82. The van der Waals surface area contributed by atoms with Crippen molar-refractivity contribution >= 4 is 0 Å². The van der Waals surface area contributed by atoms with Crippen LogP contribution in [0.2, 0.25) is 0 Å². The van der Waals surface area contributed by atoms with E-state index in [-0.39, 0.29) is 0 Å². The molecule has 2 nitrogen and oxygen atoms in total. The van der Waals surface area contributed by atoms with Gasteiger partial charge in [-0.25, -0.2) is 0 Å². The Hall–Kier alpha value is -0.0800. The van der Waals surface area contributed by atoms with Crippen LogP contribution >= 0.6 is 0 Å². The zero-order valence-corrected chi connectivity index (χ0v) is 10.9. The SMILES string of the molecule is CCC(C)(C)N(C)CCCC(C)NC. The average Bonchev–Trinajstić information content (AvgIpc) is 2.17. The van der Waals surface area contributed by atoms with Gasteiger partial charge in [-0.2, -0.15) is 0 Å². The molecule has 0 aliphatic heterocycles. The maximum absolute atomic E-state index is 3.27. The van der Waals surface area contributed by atoms with E-state index in [4.69, 9.17) is 0 Å². The second kappa shape index (κ2) is 6.41. The predicted molar refractivity (Wildman–Crippen MR) is 64.8 cm³/mol. The summed E-state index contributed by atoms with van der Waals surface area (Å²) < 4.78 is 0. The molecule has 0 bridgehead atoms. The monoisotopic (exact) mass is 200 g/mol. The highest BCUT2D eigenvalue weighted by molar-refractivity contribution is 4.77. The summed E-state index contributed by atoms with van der Waals surface area (Å²) in [6, 6.07) is 0.646. The number of nitrogens with zero attached hydrogens (tertiary/aromatic N) is 1. The van der Waals surface area contributed by atoms with Crippen molar-refractivity contribution < 1.29 is 0 Å². The van der Waals surface area contributed by atoms with Crippen molar-refractivity contribution in [2.45, 2.75) is 58.5 Å². The van der Waals surface area contributed by atoms with Crippen LogP contribution in [0.15, 0.2) is 0 Å². The normalized spacial score (nSPS) is 14.8. The van der Waals surface area contributed by atoms with Crippen molar-refractivity contribution in [1.82, 2.24) is 10.2 Å². The van der Waals surface area contributed by atoms with Gasteiger partial charge < -0.3 is 10.2 Å². The van der Waals surface area contributed by atoms with Gasteiger partial charge in [0.15, 0.2) is 0 Å². The maximum atomic E-state index is 3.27. The smallest absolute Gasteiger partial charge is 0.0147 e. The van der Waals surface area contributed by atoms with E-state index >= 15 is 0 Å². The lowest BCUT2D eigenvalue weighted by molar-refractivity contribution is 0.147. The molecule has 0 saturated heterocycles. The van der Waals surface area contributed by atoms with E-state index in [0.29, 0.717) is 11.6 Å². The Morgan fingerprint density at radius 1 is 1.36 bits per heavy atom. The molecule has 0 aliphatic rings. The molecule has 0 aromatic heterocycles. The molecule has 0 aromatic rings. The number of hydrogen-bond donors (Lipinski definition) is 1. The Morgan fingerprint density at radius 2 is 1.93 bits per heavy atom. The van der Waals surface area contributed by atoms with Crippen LogP contribution in [0.1, 0.15) is 47.0 Å². The van der Waals surface area contributed by atoms with Crippen LogP contribution in [0.25, 0.3) is 0 Å². The predicted octanol–water partition coefficient (Wildman–Crippen LogP) is 2.49. The lowest BCUT2D eigenvalue weighted by atomic mass is 9.99. The molecule has 0 amide bonds. The Morgan fingerprint density at radius 3 is 2.36 bits per heavy atom. The maximum Gasteiger partial charge on any atom is 0.0147 e. The van der Waals surface area contributed by atoms with Crippen LogP contribution in [0, 0.1) is 0 Å². The van der Waals surface area contributed by atoms with Crippen molar-refractivity contribution in [2.75, 3.05) is 20.6 Å². The zero-order chi connectivity index (χ0) is 11.2. The van der Waals surface area contributed by atoms with Gasteiger partial charge in [0.25, 0.3) is 0 Å². The largest absolute Gasteiger partial charge is 0.317 e. The molecule has 1 atom stereocenters. The zero-order valence-electron chi connectivity index (χ0n) is 10.9. The summed E-state index contributed by atoms with van der Waals surface area (Å²) in [4.78, 5) is 2.47. The lowest BCUT2D eigenvalue weighted by Crippen LogP contribution is -2.41. The van der Waals surface area contributed by atoms with E-state index in [1.54, 1.807) is 0 Å². The number of hydrogen-bond acceptors (Lipinski definition) is 2. The lowest BCUT2D eigenvalue weighted by Gasteiger charge is -2.35. The van der Waals surface area contributed by atoms with Gasteiger partial charge in [-0.15, -0.1) is 0 Å². The highest BCUT2D eigenvalue weighted by atomic mass is 15.2. The van der Waals surface area contributed by atoms with Gasteiger partial charge >= 0.3 is 0 Å². The first kappa shape index (κ1) is 13.9. The summed E-state index contributed by atoms with van der Waals surface area (Å²) in [5.74, 6) is 0. The Balaban J connectivity index is 3.69. The highest BCUT2D eigenvalue weighted by Gasteiger charge is 2.20. The quantitative estimate of drug-likeness (QED) is 0.679. The molecule has 1 N–H and O–H groups in total. The van der Waals surface area contributed by atoms with Gasteiger partial charge in [-0.3, -0.25) is 0 Å². The second-order valence-electron chi connectivity index (χ2n) is 4.92. The van der Waals surface area contributed by atoms with Gasteiger partial charge in [0.2, 0.25) is 0 Å². The number of nitrogens with one attached hydrogen (secondary N) is 1. The third-order valence-corrected chi connectivity index (χ3v) is 3.52. The topological polar surface area (TPSA) is 15.3 Å². The molecule has 0 heterocycles. The van der Waals surface area contributed by atoms with E-state index in [1.165, 1.54) is 25.8 Å². The third-order valence-electron chi connectivity index (χ3n) is 3.52.